The molecule has 0 spiro atoms. The fourth-order valence-electron chi connectivity index (χ4n) is 0.943. The van der Waals surface area contributed by atoms with Crippen molar-refractivity contribution in [1.82, 2.24) is 0 Å². The van der Waals surface area contributed by atoms with Crippen molar-refractivity contribution < 1.29 is 9.18 Å². The molecule has 0 unspecified atom stereocenters. The van der Waals surface area contributed by atoms with E-state index in [1.165, 1.54) is 6.07 Å². The van der Waals surface area contributed by atoms with Crippen LogP contribution in [0.25, 0.3) is 0 Å². The minimum Gasteiger partial charge on any atom is -0.293 e. The molecule has 2 nitrogen and oxygen atoms in total. The Morgan fingerprint density at radius 1 is 1.50 bits per heavy atom. The van der Waals surface area contributed by atoms with Crippen molar-refractivity contribution in [3.63, 3.8) is 0 Å². The van der Waals surface area contributed by atoms with E-state index < -0.39 is 11.6 Å². The van der Waals surface area contributed by atoms with Crippen LogP contribution in [0.3, 0.4) is 0 Å². The molecule has 0 saturated heterocycles. The SMILES string of the molecule is N#CCC(=O)c1c(Cl)ccc(F)c1Cl. The van der Waals surface area contributed by atoms with Crippen molar-refractivity contribution in [2.45, 2.75) is 6.42 Å². The van der Waals surface area contributed by atoms with Gasteiger partial charge in [0.05, 0.1) is 28.1 Å². The number of carbonyl (C=O) groups is 1. The molecule has 0 aliphatic carbocycles. The first kappa shape index (κ1) is 11.0. The summed E-state index contributed by atoms with van der Waals surface area (Å²) in [6.07, 6.45) is -0.372. The summed E-state index contributed by atoms with van der Waals surface area (Å²) in [5.41, 5.74) is -0.130. The van der Waals surface area contributed by atoms with Gasteiger partial charge in [0.1, 0.15) is 5.82 Å². The second-order valence-corrected chi connectivity index (χ2v) is 3.26. The average Bonchev–Trinajstić information content (AvgIpc) is 2.13. The van der Waals surface area contributed by atoms with E-state index in [9.17, 15) is 9.18 Å². The van der Waals surface area contributed by atoms with Gasteiger partial charge in [-0.15, -0.1) is 0 Å². The van der Waals surface area contributed by atoms with Crippen LogP contribution in [0.2, 0.25) is 10.0 Å². The third kappa shape index (κ3) is 2.03. The second kappa shape index (κ2) is 4.41. The Bertz CT molecular complexity index is 426. The molecule has 0 heterocycles. The average molecular weight is 232 g/mol. The molecule has 0 fully saturated rings. The van der Waals surface area contributed by atoms with Crippen LogP contribution in [0.5, 0.6) is 0 Å². The van der Waals surface area contributed by atoms with Gasteiger partial charge in [-0.05, 0) is 12.1 Å². The number of nitriles is 1. The fourth-order valence-corrected chi connectivity index (χ4v) is 1.52. The minimum absolute atomic E-state index is 0.0525. The number of ketones is 1. The van der Waals surface area contributed by atoms with E-state index in [1.54, 1.807) is 6.07 Å². The number of halogens is 3. The van der Waals surface area contributed by atoms with Crippen molar-refractivity contribution in [2.24, 2.45) is 0 Å². The maximum Gasteiger partial charge on any atom is 0.180 e. The Balaban J connectivity index is 3.27. The number of carbonyl (C=O) groups excluding carboxylic acids is 1. The van der Waals surface area contributed by atoms with Gasteiger partial charge in [-0.1, -0.05) is 23.2 Å². The van der Waals surface area contributed by atoms with Gasteiger partial charge in [0.25, 0.3) is 0 Å². The molecule has 1 aromatic rings. The first-order chi connectivity index (χ1) is 6.57. The van der Waals surface area contributed by atoms with Gasteiger partial charge in [0, 0.05) is 0 Å². The zero-order valence-electron chi connectivity index (χ0n) is 6.85. The molecule has 0 saturated carbocycles. The quantitative estimate of drug-likeness (QED) is 0.580. The fraction of sp³-hybridized carbons (Fsp3) is 0.111. The highest BCUT2D eigenvalue weighted by atomic mass is 35.5. The minimum atomic E-state index is -0.725. The Morgan fingerprint density at radius 3 is 2.71 bits per heavy atom. The highest BCUT2D eigenvalue weighted by Crippen LogP contribution is 2.28. The van der Waals surface area contributed by atoms with Crippen molar-refractivity contribution in [2.75, 3.05) is 0 Å². The van der Waals surface area contributed by atoms with E-state index >= 15 is 0 Å². The number of hydrogen-bond acceptors (Lipinski definition) is 2. The molecule has 1 aromatic carbocycles. The van der Waals surface area contributed by atoms with Crippen molar-refractivity contribution in [3.05, 3.63) is 33.6 Å². The molecule has 0 radical (unpaired) electrons. The van der Waals surface area contributed by atoms with Crippen LogP contribution < -0.4 is 0 Å². The van der Waals surface area contributed by atoms with Gasteiger partial charge in [0.15, 0.2) is 5.78 Å². The Kier molecular flexibility index (Phi) is 3.45. The normalized spacial score (nSPS) is 9.57. The zero-order chi connectivity index (χ0) is 10.7. The summed E-state index contributed by atoms with van der Waals surface area (Å²) in [6, 6.07) is 3.94. The van der Waals surface area contributed by atoms with Gasteiger partial charge in [-0.3, -0.25) is 4.79 Å². The highest BCUT2D eigenvalue weighted by molar-refractivity contribution is 6.40. The monoisotopic (exact) mass is 231 g/mol. The van der Waals surface area contributed by atoms with Crippen LogP contribution >= 0.6 is 23.2 Å². The van der Waals surface area contributed by atoms with Crippen LogP contribution in [0.15, 0.2) is 12.1 Å². The van der Waals surface area contributed by atoms with E-state index in [0.717, 1.165) is 6.07 Å². The van der Waals surface area contributed by atoms with Crippen molar-refractivity contribution in [3.8, 4) is 6.07 Å². The van der Waals surface area contributed by atoms with Crippen LogP contribution in [0, 0.1) is 17.1 Å². The summed E-state index contributed by atoms with van der Waals surface area (Å²) < 4.78 is 12.9. The van der Waals surface area contributed by atoms with E-state index in [-0.39, 0.29) is 22.0 Å². The van der Waals surface area contributed by atoms with E-state index in [0.29, 0.717) is 0 Å². The number of hydrogen-bond donors (Lipinski definition) is 0. The number of Topliss-reactive ketones (excluding diaryl/α,β-unsaturated/α-hetero) is 1. The summed E-state index contributed by atoms with van der Waals surface area (Å²) in [5, 5.41) is 8.02. The first-order valence-corrected chi connectivity index (χ1v) is 4.37. The van der Waals surface area contributed by atoms with E-state index in [4.69, 9.17) is 28.5 Å². The Labute approximate surface area is 89.9 Å². The van der Waals surface area contributed by atoms with Gasteiger partial charge >= 0.3 is 0 Å². The number of nitrogens with zero attached hydrogens (tertiary/aromatic N) is 1. The van der Waals surface area contributed by atoms with Crippen molar-refractivity contribution >= 4 is 29.0 Å². The molecule has 72 valence electrons. The lowest BCUT2D eigenvalue weighted by molar-refractivity contribution is 0.0997. The lowest BCUT2D eigenvalue weighted by Crippen LogP contribution is -2.01. The lowest BCUT2D eigenvalue weighted by Gasteiger charge is -2.03. The molecule has 5 heteroatoms. The maximum absolute atomic E-state index is 12.9. The lowest BCUT2D eigenvalue weighted by atomic mass is 10.1. The zero-order valence-corrected chi connectivity index (χ0v) is 8.36. The first-order valence-electron chi connectivity index (χ1n) is 3.61. The highest BCUT2D eigenvalue weighted by Gasteiger charge is 2.17. The van der Waals surface area contributed by atoms with Gasteiger partial charge in [-0.2, -0.15) is 5.26 Å². The molecule has 0 N–H and O–H groups in total. The van der Waals surface area contributed by atoms with E-state index in [2.05, 4.69) is 0 Å². The second-order valence-electron chi connectivity index (χ2n) is 2.48. The predicted octanol–water partition coefficient (Wildman–Crippen LogP) is 3.23. The Hall–Kier alpha value is -1.11. The van der Waals surface area contributed by atoms with Crippen LogP contribution in [0.1, 0.15) is 16.8 Å². The molecule has 0 atom stereocenters. The summed E-state index contributed by atoms with van der Waals surface area (Å²) in [4.78, 5) is 11.3. The molecule has 0 aromatic heterocycles. The predicted molar refractivity (Wildman–Crippen MR) is 51.0 cm³/mol. The van der Waals surface area contributed by atoms with E-state index in [1.807, 2.05) is 0 Å². The molecule has 1 rings (SSSR count). The molecule has 0 aliphatic heterocycles. The van der Waals surface area contributed by atoms with Crippen LogP contribution in [-0.4, -0.2) is 5.78 Å². The topological polar surface area (TPSA) is 40.9 Å². The Morgan fingerprint density at radius 2 is 2.14 bits per heavy atom. The standard InChI is InChI=1S/C9H4Cl2FNO/c10-5-1-2-6(12)9(11)8(5)7(14)3-4-13/h1-2H,3H2. The van der Waals surface area contributed by atoms with Crippen LogP contribution in [0.4, 0.5) is 4.39 Å². The molecule has 14 heavy (non-hydrogen) atoms. The number of benzene rings is 1. The smallest absolute Gasteiger partial charge is 0.180 e. The largest absolute Gasteiger partial charge is 0.293 e. The molecule has 0 bridgehead atoms. The molecule has 0 aliphatic rings. The maximum atomic E-state index is 12.9. The molecular formula is C9H4Cl2FNO. The van der Waals surface area contributed by atoms with Gasteiger partial charge < -0.3 is 0 Å². The third-order valence-corrected chi connectivity index (χ3v) is 2.25. The third-order valence-electron chi connectivity index (χ3n) is 1.56. The van der Waals surface area contributed by atoms with Crippen molar-refractivity contribution in [1.29, 1.82) is 5.26 Å². The van der Waals surface area contributed by atoms with Gasteiger partial charge in [-0.25, -0.2) is 4.39 Å². The summed E-state index contributed by atoms with van der Waals surface area (Å²) in [7, 11) is 0. The van der Waals surface area contributed by atoms with Crippen LogP contribution in [-0.2, 0) is 0 Å². The van der Waals surface area contributed by atoms with Gasteiger partial charge in [0.2, 0.25) is 0 Å². The molecular weight excluding hydrogens is 228 g/mol. The number of rotatable bonds is 2. The summed E-state index contributed by atoms with van der Waals surface area (Å²) in [5.74, 6) is -1.31. The molecule has 0 amide bonds. The summed E-state index contributed by atoms with van der Waals surface area (Å²) >= 11 is 11.2. The summed E-state index contributed by atoms with van der Waals surface area (Å²) in [6.45, 7) is 0.